The van der Waals surface area contributed by atoms with Gasteiger partial charge in [-0.3, -0.25) is 0 Å². The molecule has 0 saturated heterocycles. The second-order valence-corrected chi connectivity index (χ2v) is 4.53. The number of hydrogen-bond acceptors (Lipinski definition) is 1. The van der Waals surface area contributed by atoms with Crippen LogP contribution in [0.4, 0.5) is 8.78 Å². The monoisotopic (exact) mass is 267 g/mol. The number of hydrogen-bond donors (Lipinski definition) is 1. The Morgan fingerprint density at radius 2 is 1.72 bits per heavy atom. The van der Waals surface area contributed by atoms with Crippen LogP contribution in [0.15, 0.2) is 42.5 Å². The Hall–Kier alpha value is -1.45. The second-order valence-electron chi connectivity index (χ2n) is 4.10. The predicted molar refractivity (Wildman–Crippen MR) is 68.4 cm³/mol. The Kier molecular flexibility index (Phi) is 3.94. The molecule has 0 aliphatic rings. The van der Waals surface area contributed by atoms with Crippen LogP contribution in [0.5, 0.6) is 0 Å². The van der Waals surface area contributed by atoms with Crippen molar-refractivity contribution in [3.63, 3.8) is 0 Å². The summed E-state index contributed by atoms with van der Waals surface area (Å²) >= 11 is 5.78. The Balaban J connectivity index is 2.15. The van der Waals surface area contributed by atoms with Crippen LogP contribution < -0.4 is 5.73 Å². The Labute approximate surface area is 109 Å². The minimum Gasteiger partial charge on any atom is -0.324 e. The Morgan fingerprint density at radius 1 is 1.06 bits per heavy atom. The fourth-order valence-corrected chi connectivity index (χ4v) is 1.88. The first-order chi connectivity index (χ1) is 8.56. The van der Waals surface area contributed by atoms with E-state index < -0.39 is 11.6 Å². The first-order valence-electron chi connectivity index (χ1n) is 5.51. The SMILES string of the molecule is NC(Cc1ccc(F)cc1F)c1ccc(Cl)cc1. The Morgan fingerprint density at radius 3 is 2.33 bits per heavy atom. The standard InChI is InChI=1S/C14H12ClF2N/c15-11-4-1-9(2-5-11)14(18)7-10-3-6-12(16)8-13(10)17/h1-6,8,14H,7,18H2. The molecule has 1 unspecified atom stereocenters. The van der Waals surface area contributed by atoms with Gasteiger partial charge in [-0.05, 0) is 35.7 Å². The van der Waals surface area contributed by atoms with Gasteiger partial charge in [-0.1, -0.05) is 29.8 Å². The number of halogens is 3. The van der Waals surface area contributed by atoms with Crippen LogP contribution in [0.3, 0.4) is 0 Å². The molecule has 94 valence electrons. The molecule has 1 atom stereocenters. The molecule has 0 aliphatic carbocycles. The van der Waals surface area contributed by atoms with Gasteiger partial charge in [0.15, 0.2) is 0 Å². The number of nitrogens with two attached hydrogens (primary N) is 1. The molecular formula is C14H12ClF2N. The van der Waals surface area contributed by atoms with Crippen molar-refractivity contribution in [2.24, 2.45) is 5.73 Å². The normalized spacial score (nSPS) is 12.4. The molecule has 2 rings (SSSR count). The van der Waals surface area contributed by atoms with Crippen LogP contribution in [-0.4, -0.2) is 0 Å². The highest BCUT2D eigenvalue weighted by Gasteiger charge is 2.11. The summed E-state index contributed by atoms with van der Waals surface area (Å²) in [6, 6.07) is 10.2. The van der Waals surface area contributed by atoms with Gasteiger partial charge in [0.05, 0.1) is 0 Å². The van der Waals surface area contributed by atoms with Gasteiger partial charge in [-0.25, -0.2) is 8.78 Å². The van der Waals surface area contributed by atoms with E-state index in [0.29, 0.717) is 17.0 Å². The van der Waals surface area contributed by atoms with E-state index in [1.54, 1.807) is 24.3 Å². The van der Waals surface area contributed by atoms with E-state index in [9.17, 15) is 8.78 Å². The van der Waals surface area contributed by atoms with Gasteiger partial charge in [0.2, 0.25) is 0 Å². The average Bonchev–Trinajstić information content (AvgIpc) is 2.33. The molecule has 0 aromatic heterocycles. The van der Waals surface area contributed by atoms with E-state index in [2.05, 4.69) is 0 Å². The lowest BCUT2D eigenvalue weighted by molar-refractivity contribution is 0.563. The van der Waals surface area contributed by atoms with Crippen LogP contribution in [0.25, 0.3) is 0 Å². The summed E-state index contributed by atoms with van der Waals surface area (Å²) in [5.41, 5.74) is 7.25. The molecule has 0 saturated carbocycles. The molecule has 0 fully saturated rings. The average molecular weight is 268 g/mol. The van der Waals surface area contributed by atoms with Crippen molar-refractivity contribution in [1.82, 2.24) is 0 Å². The molecule has 4 heteroatoms. The lowest BCUT2D eigenvalue weighted by Crippen LogP contribution is -2.14. The summed E-state index contributed by atoms with van der Waals surface area (Å²) in [5, 5.41) is 0.624. The lowest BCUT2D eigenvalue weighted by Gasteiger charge is -2.12. The van der Waals surface area contributed by atoms with E-state index in [4.69, 9.17) is 17.3 Å². The smallest absolute Gasteiger partial charge is 0.129 e. The molecule has 0 heterocycles. The van der Waals surface area contributed by atoms with Crippen molar-refractivity contribution in [1.29, 1.82) is 0 Å². The molecule has 18 heavy (non-hydrogen) atoms. The molecule has 2 aromatic rings. The molecular weight excluding hydrogens is 256 g/mol. The third-order valence-corrected chi connectivity index (χ3v) is 3.01. The van der Waals surface area contributed by atoms with E-state index >= 15 is 0 Å². The third-order valence-electron chi connectivity index (χ3n) is 2.75. The summed E-state index contributed by atoms with van der Waals surface area (Å²) in [7, 11) is 0. The zero-order valence-electron chi connectivity index (χ0n) is 9.54. The van der Waals surface area contributed by atoms with Crippen LogP contribution in [0.1, 0.15) is 17.2 Å². The highest BCUT2D eigenvalue weighted by Crippen LogP contribution is 2.20. The van der Waals surface area contributed by atoms with Crippen molar-refractivity contribution >= 4 is 11.6 Å². The summed E-state index contributed by atoms with van der Waals surface area (Å²) in [4.78, 5) is 0. The van der Waals surface area contributed by atoms with Crippen LogP contribution >= 0.6 is 11.6 Å². The molecule has 2 aromatic carbocycles. The molecule has 0 bridgehead atoms. The highest BCUT2D eigenvalue weighted by atomic mass is 35.5. The number of benzene rings is 2. The van der Waals surface area contributed by atoms with Crippen molar-refractivity contribution < 1.29 is 8.78 Å². The van der Waals surface area contributed by atoms with Gasteiger partial charge in [-0.2, -0.15) is 0 Å². The van der Waals surface area contributed by atoms with Crippen molar-refractivity contribution in [2.75, 3.05) is 0 Å². The van der Waals surface area contributed by atoms with E-state index in [0.717, 1.165) is 11.6 Å². The van der Waals surface area contributed by atoms with E-state index in [1.165, 1.54) is 12.1 Å². The minimum absolute atomic E-state index is 0.313. The van der Waals surface area contributed by atoms with E-state index in [1.807, 2.05) is 0 Å². The maximum atomic E-state index is 13.5. The van der Waals surface area contributed by atoms with Gasteiger partial charge in [0.25, 0.3) is 0 Å². The van der Waals surface area contributed by atoms with Crippen LogP contribution in [0.2, 0.25) is 5.02 Å². The van der Waals surface area contributed by atoms with Gasteiger partial charge >= 0.3 is 0 Å². The zero-order chi connectivity index (χ0) is 13.1. The molecule has 0 spiro atoms. The third kappa shape index (κ3) is 3.06. The van der Waals surface area contributed by atoms with Gasteiger partial charge in [-0.15, -0.1) is 0 Å². The predicted octanol–water partition coefficient (Wildman–Crippen LogP) is 3.86. The van der Waals surface area contributed by atoms with Crippen LogP contribution in [0, 0.1) is 11.6 Å². The molecule has 0 radical (unpaired) electrons. The molecule has 0 amide bonds. The zero-order valence-corrected chi connectivity index (χ0v) is 10.3. The van der Waals surface area contributed by atoms with Crippen molar-refractivity contribution in [3.8, 4) is 0 Å². The summed E-state index contributed by atoms with van der Waals surface area (Å²) in [6.45, 7) is 0. The second kappa shape index (κ2) is 5.46. The Bertz CT molecular complexity index is 540. The minimum atomic E-state index is -0.587. The van der Waals surface area contributed by atoms with E-state index in [-0.39, 0.29) is 6.04 Å². The largest absolute Gasteiger partial charge is 0.324 e. The number of rotatable bonds is 3. The van der Waals surface area contributed by atoms with Gasteiger partial charge in [0.1, 0.15) is 11.6 Å². The van der Waals surface area contributed by atoms with Crippen LogP contribution in [-0.2, 0) is 6.42 Å². The molecule has 1 nitrogen and oxygen atoms in total. The maximum absolute atomic E-state index is 13.5. The van der Waals surface area contributed by atoms with Crippen molar-refractivity contribution in [3.05, 3.63) is 70.2 Å². The lowest BCUT2D eigenvalue weighted by atomic mass is 9.99. The fraction of sp³-hybridized carbons (Fsp3) is 0.143. The quantitative estimate of drug-likeness (QED) is 0.898. The first kappa shape index (κ1) is 13.0. The molecule has 2 N–H and O–H groups in total. The van der Waals surface area contributed by atoms with Gasteiger partial charge < -0.3 is 5.73 Å². The topological polar surface area (TPSA) is 26.0 Å². The maximum Gasteiger partial charge on any atom is 0.129 e. The fourth-order valence-electron chi connectivity index (χ4n) is 1.75. The summed E-state index contributed by atoms with van der Waals surface area (Å²) < 4.78 is 26.2. The van der Waals surface area contributed by atoms with Crippen molar-refractivity contribution in [2.45, 2.75) is 12.5 Å². The molecule has 0 aliphatic heterocycles. The summed E-state index contributed by atoms with van der Waals surface area (Å²) in [5.74, 6) is -1.16. The first-order valence-corrected chi connectivity index (χ1v) is 5.89. The van der Waals surface area contributed by atoms with Gasteiger partial charge in [0, 0.05) is 17.1 Å². The summed E-state index contributed by atoms with van der Waals surface area (Å²) in [6.07, 6.45) is 0.313. The highest BCUT2D eigenvalue weighted by molar-refractivity contribution is 6.30.